The molecule has 0 radical (unpaired) electrons. The van der Waals surface area contributed by atoms with Gasteiger partial charge in [-0.3, -0.25) is 4.79 Å². The van der Waals surface area contributed by atoms with Crippen LogP contribution in [0.5, 0.6) is 5.88 Å². The third-order valence-corrected chi connectivity index (χ3v) is 3.00. The summed E-state index contributed by atoms with van der Waals surface area (Å²) in [5.74, 6) is -0.590. The minimum absolute atomic E-state index is 0.147. The van der Waals surface area contributed by atoms with Crippen molar-refractivity contribution in [3.8, 4) is 17.1 Å². The van der Waals surface area contributed by atoms with Crippen molar-refractivity contribution < 1.29 is 19.0 Å². The first kappa shape index (κ1) is 15.3. The maximum absolute atomic E-state index is 13.2. The number of nitrogens with zero attached hydrogens (tertiary/aromatic N) is 2. The largest absolute Gasteiger partial charge is 0.465 e. The fraction of sp³-hybridized carbons (Fsp3) is 0.308. The van der Waals surface area contributed by atoms with Crippen LogP contribution < -0.4 is 10.1 Å². The molecule has 0 saturated carbocycles. The number of carbonyl (C=O) groups is 1. The van der Waals surface area contributed by atoms with Gasteiger partial charge in [0.1, 0.15) is 11.5 Å². The van der Waals surface area contributed by atoms with Crippen molar-refractivity contribution in [2.24, 2.45) is 0 Å². The van der Waals surface area contributed by atoms with Gasteiger partial charge in [-0.25, -0.2) is 4.39 Å². The summed E-state index contributed by atoms with van der Waals surface area (Å²) in [6.07, 6.45) is -0.627. The monoisotopic (exact) mass is 311 g/mol. The SMILES string of the molecule is CC(O)CNC(=O)COc1nsnc1-c1cccc(F)c1. The zero-order valence-corrected chi connectivity index (χ0v) is 12.1. The predicted octanol–water partition coefficient (Wildman–Crippen LogP) is 1.22. The molecule has 1 heterocycles. The number of nitrogens with one attached hydrogen (secondary N) is 1. The van der Waals surface area contributed by atoms with Crippen molar-refractivity contribution in [2.45, 2.75) is 13.0 Å². The Bertz CT molecular complexity index is 618. The summed E-state index contributed by atoms with van der Waals surface area (Å²) in [6, 6.07) is 5.88. The highest BCUT2D eigenvalue weighted by Crippen LogP contribution is 2.27. The van der Waals surface area contributed by atoms with Crippen LogP contribution in [0.15, 0.2) is 24.3 Å². The molecule has 1 unspecified atom stereocenters. The first-order chi connectivity index (χ1) is 10.1. The molecule has 1 aromatic carbocycles. The second kappa shape index (κ2) is 7.09. The van der Waals surface area contributed by atoms with Crippen LogP contribution in [0.1, 0.15) is 6.92 Å². The number of halogens is 1. The standard InChI is InChI=1S/C13H14FN3O3S/c1-8(18)6-15-11(19)7-20-13-12(16-21-17-13)9-3-2-4-10(14)5-9/h2-5,8,18H,6-7H2,1H3,(H,15,19). The van der Waals surface area contributed by atoms with Gasteiger partial charge in [-0.1, -0.05) is 12.1 Å². The third kappa shape index (κ3) is 4.47. The minimum Gasteiger partial charge on any atom is -0.465 e. The molecule has 21 heavy (non-hydrogen) atoms. The Hall–Kier alpha value is -2.06. The molecule has 0 aliphatic carbocycles. The summed E-state index contributed by atoms with van der Waals surface area (Å²) >= 11 is 0.918. The third-order valence-electron chi connectivity index (χ3n) is 2.49. The summed E-state index contributed by atoms with van der Waals surface area (Å²) < 4.78 is 26.5. The summed E-state index contributed by atoms with van der Waals surface area (Å²) in [7, 11) is 0. The van der Waals surface area contributed by atoms with Crippen LogP contribution in [0.2, 0.25) is 0 Å². The zero-order chi connectivity index (χ0) is 15.2. The van der Waals surface area contributed by atoms with E-state index in [1.165, 1.54) is 12.1 Å². The average molecular weight is 311 g/mol. The van der Waals surface area contributed by atoms with E-state index in [0.29, 0.717) is 11.3 Å². The smallest absolute Gasteiger partial charge is 0.258 e. The lowest BCUT2D eigenvalue weighted by atomic mass is 10.1. The fourth-order valence-electron chi connectivity index (χ4n) is 1.53. The molecule has 8 heteroatoms. The van der Waals surface area contributed by atoms with Gasteiger partial charge in [-0.05, 0) is 19.1 Å². The van der Waals surface area contributed by atoms with Crippen molar-refractivity contribution in [3.05, 3.63) is 30.1 Å². The summed E-state index contributed by atoms with van der Waals surface area (Å²) in [5, 5.41) is 11.6. The quantitative estimate of drug-likeness (QED) is 0.838. The van der Waals surface area contributed by atoms with Gasteiger partial charge in [-0.15, -0.1) is 4.37 Å². The van der Waals surface area contributed by atoms with Gasteiger partial charge in [-0.2, -0.15) is 4.37 Å². The lowest BCUT2D eigenvalue weighted by Gasteiger charge is -2.08. The Morgan fingerprint density at radius 1 is 1.52 bits per heavy atom. The van der Waals surface area contributed by atoms with E-state index in [2.05, 4.69) is 14.1 Å². The molecule has 112 valence electrons. The number of ether oxygens (including phenoxy) is 1. The first-order valence-corrected chi connectivity index (χ1v) is 6.95. The normalized spacial score (nSPS) is 12.0. The predicted molar refractivity (Wildman–Crippen MR) is 75.5 cm³/mol. The van der Waals surface area contributed by atoms with Gasteiger partial charge in [0.05, 0.1) is 17.8 Å². The number of amides is 1. The summed E-state index contributed by atoms with van der Waals surface area (Å²) in [5.41, 5.74) is 0.922. The molecule has 1 amide bonds. The number of rotatable bonds is 6. The van der Waals surface area contributed by atoms with Crippen LogP contribution in [-0.2, 0) is 4.79 Å². The first-order valence-electron chi connectivity index (χ1n) is 6.22. The van der Waals surface area contributed by atoms with Gasteiger partial charge in [0.2, 0.25) is 0 Å². The highest BCUT2D eigenvalue weighted by molar-refractivity contribution is 6.99. The van der Waals surface area contributed by atoms with E-state index in [4.69, 9.17) is 9.84 Å². The van der Waals surface area contributed by atoms with Crippen molar-refractivity contribution in [1.82, 2.24) is 14.1 Å². The maximum Gasteiger partial charge on any atom is 0.258 e. The Balaban J connectivity index is 1.99. The highest BCUT2D eigenvalue weighted by Gasteiger charge is 2.14. The van der Waals surface area contributed by atoms with Crippen LogP contribution in [0.25, 0.3) is 11.3 Å². The number of benzene rings is 1. The molecule has 6 nitrogen and oxygen atoms in total. The van der Waals surface area contributed by atoms with E-state index >= 15 is 0 Å². The molecule has 0 aliphatic rings. The second-order valence-corrected chi connectivity index (χ2v) is 4.90. The molecular formula is C13H14FN3O3S. The number of hydrogen-bond donors (Lipinski definition) is 2. The molecule has 0 spiro atoms. The molecule has 0 aliphatic heterocycles. The van der Waals surface area contributed by atoms with E-state index in [0.717, 1.165) is 11.7 Å². The Labute approximate surface area is 124 Å². The van der Waals surface area contributed by atoms with Crippen LogP contribution in [0.4, 0.5) is 4.39 Å². The lowest BCUT2D eigenvalue weighted by molar-refractivity contribution is -0.123. The van der Waals surface area contributed by atoms with E-state index < -0.39 is 6.10 Å². The molecular weight excluding hydrogens is 297 g/mol. The minimum atomic E-state index is -0.627. The van der Waals surface area contributed by atoms with Crippen molar-refractivity contribution in [1.29, 1.82) is 0 Å². The lowest BCUT2D eigenvalue weighted by Crippen LogP contribution is -2.34. The molecule has 0 saturated heterocycles. The van der Waals surface area contributed by atoms with Gasteiger partial charge in [0.25, 0.3) is 11.8 Å². The maximum atomic E-state index is 13.2. The number of aliphatic hydroxyl groups is 1. The molecule has 2 N–H and O–H groups in total. The number of aromatic nitrogens is 2. The Kier molecular flexibility index (Phi) is 5.18. The van der Waals surface area contributed by atoms with E-state index in [9.17, 15) is 9.18 Å². The average Bonchev–Trinajstić information content (AvgIpc) is 2.91. The van der Waals surface area contributed by atoms with Gasteiger partial charge in [0.15, 0.2) is 6.61 Å². The van der Waals surface area contributed by atoms with Gasteiger partial charge >= 0.3 is 0 Å². The van der Waals surface area contributed by atoms with Gasteiger partial charge < -0.3 is 15.2 Å². The van der Waals surface area contributed by atoms with Crippen molar-refractivity contribution in [3.63, 3.8) is 0 Å². The molecule has 1 atom stereocenters. The topological polar surface area (TPSA) is 84.3 Å². The zero-order valence-electron chi connectivity index (χ0n) is 11.2. The van der Waals surface area contributed by atoms with Crippen LogP contribution in [-0.4, -0.2) is 39.0 Å². The van der Waals surface area contributed by atoms with Crippen LogP contribution >= 0.6 is 11.7 Å². The van der Waals surface area contributed by atoms with E-state index in [1.807, 2.05) is 0 Å². The van der Waals surface area contributed by atoms with Crippen LogP contribution in [0, 0.1) is 5.82 Å². The number of aliphatic hydroxyl groups excluding tert-OH is 1. The molecule has 0 fully saturated rings. The highest BCUT2D eigenvalue weighted by atomic mass is 32.1. The van der Waals surface area contributed by atoms with Crippen LogP contribution in [0.3, 0.4) is 0 Å². The Morgan fingerprint density at radius 3 is 3.05 bits per heavy atom. The van der Waals surface area contributed by atoms with E-state index in [-0.39, 0.29) is 30.8 Å². The number of hydrogen-bond acceptors (Lipinski definition) is 6. The van der Waals surface area contributed by atoms with Gasteiger partial charge in [0, 0.05) is 12.1 Å². The van der Waals surface area contributed by atoms with Crippen molar-refractivity contribution in [2.75, 3.05) is 13.2 Å². The number of carbonyl (C=O) groups excluding carboxylic acids is 1. The molecule has 1 aromatic heterocycles. The Morgan fingerprint density at radius 2 is 2.33 bits per heavy atom. The molecule has 0 bridgehead atoms. The second-order valence-electron chi connectivity index (χ2n) is 4.37. The summed E-state index contributed by atoms with van der Waals surface area (Å²) in [4.78, 5) is 11.5. The molecule has 2 aromatic rings. The van der Waals surface area contributed by atoms with E-state index in [1.54, 1.807) is 19.1 Å². The molecule has 2 rings (SSSR count). The van der Waals surface area contributed by atoms with Crippen molar-refractivity contribution >= 4 is 17.6 Å². The fourth-order valence-corrected chi connectivity index (χ4v) is 2.05. The summed E-state index contributed by atoms with van der Waals surface area (Å²) in [6.45, 7) is 1.46.